The summed E-state index contributed by atoms with van der Waals surface area (Å²) in [5.74, 6) is -0.273. The predicted octanol–water partition coefficient (Wildman–Crippen LogP) is 3.57. The Hall–Kier alpha value is -0.800. The predicted molar refractivity (Wildman–Crippen MR) is 70.7 cm³/mol. The van der Waals surface area contributed by atoms with Crippen LogP contribution in [0.15, 0.2) is 18.2 Å². The molecule has 0 radical (unpaired) electrons. The number of nitrogens with zero attached hydrogens (tertiary/aromatic N) is 1. The summed E-state index contributed by atoms with van der Waals surface area (Å²) in [4.78, 5) is 13.9. The van der Waals surface area contributed by atoms with Gasteiger partial charge in [0.05, 0.1) is 10.6 Å². The summed E-state index contributed by atoms with van der Waals surface area (Å²) in [6, 6.07) is 4.43. The van der Waals surface area contributed by atoms with Gasteiger partial charge >= 0.3 is 0 Å². The molecule has 2 rings (SSSR count). The molecule has 1 fully saturated rings. The Morgan fingerprint density at radius 2 is 2.28 bits per heavy atom. The minimum absolute atomic E-state index is 0.0201. The lowest BCUT2D eigenvalue weighted by Gasteiger charge is -2.25. The molecule has 1 aliphatic rings. The zero-order valence-electron chi connectivity index (χ0n) is 10.00. The minimum Gasteiger partial charge on any atom is -0.334 e. The van der Waals surface area contributed by atoms with Crippen molar-refractivity contribution in [3.8, 4) is 0 Å². The van der Waals surface area contributed by atoms with Gasteiger partial charge in [-0.05, 0) is 24.5 Å². The smallest absolute Gasteiger partial charge is 0.257 e. The van der Waals surface area contributed by atoms with E-state index in [1.54, 1.807) is 11.0 Å². The van der Waals surface area contributed by atoms with E-state index in [1.807, 2.05) is 0 Å². The van der Waals surface area contributed by atoms with Gasteiger partial charge in [-0.25, -0.2) is 4.39 Å². The summed E-state index contributed by atoms with van der Waals surface area (Å²) in [7, 11) is 0. The van der Waals surface area contributed by atoms with Gasteiger partial charge in [0.2, 0.25) is 0 Å². The zero-order valence-corrected chi connectivity index (χ0v) is 11.5. The number of alkyl halides is 1. The molecular formula is C13H14Cl2FNO. The number of hydrogen-bond donors (Lipinski definition) is 0. The Bertz CT molecular complexity index is 466. The third-order valence-electron chi connectivity index (χ3n) is 3.48. The van der Waals surface area contributed by atoms with E-state index in [-0.39, 0.29) is 22.5 Å². The topological polar surface area (TPSA) is 20.3 Å². The first-order chi connectivity index (χ1) is 8.56. The van der Waals surface area contributed by atoms with E-state index in [0.29, 0.717) is 18.3 Å². The first-order valence-corrected chi connectivity index (χ1v) is 6.78. The molecule has 18 heavy (non-hydrogen) atoms. The number of carbonyl (C=O) groups excluding carboxylic acids is 1. The lowest BCUT2D eigenvalue weighted by Crippen LogP contribution is -2.39. The quantitative estimate of drug-likeness (QED) is 0.762. The van der Waals surface area contributed by atoms with E-state index in [4.69, 9.17) is 23.2 Å². The van der Waals surface area contributed by atoms with E-state index < -0.39 is 5.82 Å². The van der Waals surface area contributed by atoms with Crippen LogP contribution in [0.1, 0.15) is 23.7 Å². The van der Waals surface area contributed by atoms with Crippen LogP contribution < -0.4 is 0 Å². The molecule has 2 unspecified atom stereocenters. The third-order valence-corrected chi connectivity index (χ3v) is 4.09. The molecule has 1 amide bonds. The number of rotatable bonds is 2. The van der Waals surface area contributed by atoms with Crippen molar-refractivity contribution in [2.24, 2.45) is 5.92 Å². The second kappa shape index (κ2) is 5.45. The van der Waals surface area contributed by atoms with Gasteiger partial charge in [0.15, 0.2) is 5.82 Å². The summed E-state index contributed by atoms with van der Waals surface area (Å²) < 4.78 is 13.8. The maximum absolute atomic E-state index is 13.8. The lowest BCUT2D eigenvalue weighted by molar-refractivity contribution is 0.0732. The fourth-order valence-corrected chi connectivity index (χ4v) is 2.96. The zero-order chi connectivity index (χ0) is 13.3. The van der Waals surface area contributed by atoms with Crippen molar-refractivity contribution >= 4 is 29.1 Å². The van der Waals surface area contributed by atoms with Crippen LogP contribution in [-0.2, 0) is 0 Å². The van der Waals surface area contributed by atoms with Crippen LogP contribution in [0.5, 0.6) is 0 Å². The molecule has 1 aromatic carbocycles. The molecule has 0 spiro atoms. The van der Waals surface area contributed by atoms with Gasteiger partial charge in [-0.2, -0.15) is 0 Å². The van der Waals surface area contributed by atoms with E-state index in [2.05, 4.69) is 6.92 Å². The molecule has 1 aliphatic heterocycles. The number of amides is 1. The molecule has 5 heteroatoms. The van der Waals surface area contributed by atoms with Gasteiger partial charge in [0.25, 0.3) is 5.91 Å². The van der Waals surface area contributed by atoms with Crippen LogP contribution in [0.4, 0.5) is 4.39 Å². The van der Waals surface area contributed by atoms with Crippen molar-refractivity contribution in [2.45, 2.75) is 19.4 Å². The standard InChI is InChI=1S/C13H14Cl2FNO/c1-8-5-6-17(11(8)7-14)13(18)9-3-2-4-10(15)12(9)16/h2-4,8,11H,5-7H2,1H3. The highest BCUT2D eigenvalue weighted by atomic mass is 35.5. The van der Waals surface area contributed by atoms with Crippen molar-refractivity contribution < 1.29 is 9.18 Å². The van der Waals surface area contributed by atoms with E-state index in [0.717, 1.165) is 6.42 Å². The highest BCUT2D eigenvalue weighted by molar-refractivity contribution is 6.31. The van der Waals surface area contributed by atoms with Crippen LogP contribution in [0.25, 0.3) is 0 Å². The molecule has 0 N–H and O–H groups in total. The molecule has 98 valence electrons. The van der Waals surface area contributed by atoms with Crippen LogP contribution >= 0.6 is 23.2 Å². The average Bonchev–Trinajstić information content (AvgIpc) is 2.73. The largest absolute Gasteiger partial charge is 0.334 e. The highest BCUT2D eigenvalue weighted by Crippen LogP contribution is 2.28. The lowest BCUT2D eigenvalue weighted by atomic mass is 10.0. The highest BCUT2D eigenvalue weighted by Gasteiger charge is 2.35. The Morgan fingerprint density at radius 3 is 2.94 bits per heavy atom. The fourth-order valence-electron chi connectivity index (χ4n) is 2.32. The monoisotopic (exact) mass is 289 g/mol. The maximum Gasteiger partial charge on any atom is 0.257 e. The van der Waals surface area contributed by atoms with Crippen LogP contribution in [-0.4, -0.2) is 29.3 Å². The van der Waals surface area contributed by atoms with Gasteiger partial charge < -0.3 is 4.90 Å². The van der Waals surface area contributed by atoms with Crippen molar-refractivity contribution in [1.29, 1.82) is 0 Å². The number of benzene rings is 1. The number of hydrogen-bond acceptors (Lipinski definition) is 1. The minimum atomic E-state index is -0.656. The first-order valence-electron chi connectivity index (χ1n) is 5.87. The SMILES string of the molecule is CC1CCN(C(=O)c2cccc(Cl)c2F)C1CCl. The normalized spacial score (nSPS) is 23.4. The molecule has 0 saturated carbocycles. The van der Waals surface area contributed by atoms with Gasteiger partial charge in [0, 0.05) is 18.5 Å². The molecular weight excluding hydrogens is 276 g/mol. The molecule has 2 nitrogen and oxygen atoms in total. The van der Waals surface area contributed by atoms with Crippen LogP contribution in [0.3, 0.4) is 0 Å². The Balaban J connectivity index is 2.29. The number of likely N-dealkylation sites (tertiary alicyclic amines) is 1. The van der Waals surface area contributed by atoms with Gasteiger partial charge in [-0.1, -0.05) is 24.6 Å². The van der Waals surface area contributed by atoms with Gasteiger partial charge in [-0.3, -0.25) is 4.79 Å². The van der Waals surface area contributed by atoms with E-state index in [9.17, 15) is 9.18 Å². The molecule has 1 saturated heterocycles. The Labute approximate surface area is 116 Å². The maximum atomic E-state index is 13.8. The average molecular weight is 290 g/mol. The molecule has 1 heterocycles. The second-order valence-electron chi connectivity index (χ2n) is 4.59. The fraction of sp³-hybridized carbons (Fsp3) is 0.462. The Morgan fingerprint density at radius 1 is 1.56 bits per heavy atom. The van der Waals surface area contributed by atoms with Gasteiger partial charge in [0.1, 0.15) is 0 Å². The molecule has 0 aromatic heterocycles. The first kappa shape index (κ1) is 13.6. The van der Waals surface area contributed by atoms with Crippen LogP contribution in [0.2, 0.25) is 5.02 Å². The van der Waals surface area contributed by atoms with Crippen molar-refractivity contribution in [3.05, 3.63) is 34.6 Å². The van der Waals surface area contributed by atoms with Crippen LogP contribution in [0, 0.1) is 11.7 Å². The molecule has 0 aliphatic carbocycles. The molecule has 2 atom stereocenters. The summed E-state index contributed by atoms with van der Waals surface area (Å²) in [5.41, 5.74) is 0.0201. The summed E-state index contributed by atoms with van der Waals surface area (Å²) in [6.45, 7) is 2.66. The van der Waals surface area contributed by atoms with Crippen molar-refractivity contribution in [3.63, 3.8) is 0 Å². The van der Waals surface area contributed by atoms with E-state index >= 15 is 0 Å². The number of halogens is 3. The summed E-state index contributed by atoms with van der Waals surface area (Å²) in [6.07, 6.45) is 0.894. The van der Waals surface area contributed by atoms with E-state index in [1.165, 1.54) is 12.1 Å². The third kappa shape index (κ3) is 2.34. The summed E-state index contributed by atoms with van der Waals surface area (Å²) in [5, 5.41) is -0.0319. The van der Waals surface area contributed by atoms with Crippen molar-refractivity contribution in [1.82, 2.24) is 4.90 Å². The molecule has 1 aromatic rings. The second-order valence-corrected chi connectivity index (χ2v) is 5.30. The van der Waals surface area contributed by atoms with Crippen molar-refractivity contribution in [2.75, 3.05) is 12.4 Å². The number of carbonyl (C=O) groups is 1. The Kier molecular flexibility index (Phi) is 4.13. The van der Waals surface area contributed by atoms with Gasteiger partial charge in [-0.15, -0.1) is 11.6 Å². The molecule has 0 bridgehead atoms. The summed E-state index contributed by atoms with van der Waals surface area (Å²) >= 11 is 11.6.